The first-order valence-electron chi connectivity index (χ1n) is 19.4. The third-order valence-corrected chi connectivity index (χ3v) is 11.9. The number of nitrogens with zero attached hydrogens (tertiary/aromatic N) is 8. The molecule has 0 bridgehead atoms. The second-order valence-corrected chi connectivity index (χ2v) is 17.7. The number of amides is 1. The van der Waals surface area contributed by atoms with E-state index in [1.165, 1.54) is 40.9 Å². The number of halogens is 10. The molecule has 2 N–H and O–H groups in total. The predicted octanol–water partition coefficient (Wildman–Crippen LogP) is 7.19. The summed E-state index contributed by atoms with van der Waals surface area (Å²) < 4.78 is 158. The van der Waals surface area contributed by atoms with Gasteiger partial charge >= 0.3 is 6.18 Å². The third kappa shape index (κ3) is 8.31. The Hall–Kier alpha value is -5.91. The predicted molar refractivity (Wildman–Crippen MR) is 214 cm³/mol. The van der Waals surface area contributed by atoms with Gasteiger partial charge in [-0.15, -0.1) is 0 Å². The quantitative estimate of drug-likeness (QED) is 0.108. The second kappa shape index (κ2) is 16.0. The number of anilines is 2. The molecule has 1 amide bonds. The highest BCUT2D eigenvalue weighted by molar-refractivity contribution is 7.92. The lowest BCUT2D eigenvalue weighted by molar-refractivity contribution is -0.132. The number of benzene rings is 2. The summed E-state index contributed by atoms with van der Waals surface area (Å²) >= 11 is 6.58. The number of alkyl halides is 7. The van der Waals surface area contributed by atoms with Crippen LogP contribution >= 0.6 is 11.6 Å². The van der Waals surface area contributed by atoms with Crippen LogP contribution in [-0.2, 0) is 40.8 Å². The van der Waals surface area contributed by atoms with Gasteiger partial charge in [0.05, 0.1) is 45.7 Å². The van der Waals surface area contributed by atoms with E-state index < -0.39 is 113 Å². The average molecular weight is 945 g/mol. The summed E-state index contributed by atoms with van der Waals surface area (Å²) in [5, 5.41) is 10.2. The fourth-order valence-corrected chi connectivity index (χ4v) is 9.06. The van der Waals surface area contributed by atoms with Crippen LogP contribution < -0.4 is 20.5 Å². The van der Waals surface area contributed by atoms with Crippen LogP contribution in [0.15, 0.2) is 47.3 Å². The third-order valence-electron chi connectivity index (χ3n) is 11.0. The molecule has 2 aromatic carbocycles. The Balaban J connectivity index is 1.34. The van der Waals surface area contributed by atoms with Crippen molar-refractivity contribution in [1.82, 2.24) is 39.4 Å². The SMILES string of the molecule is CCN(CCC(F)(F)F)c1ccc2c(=O)n(-c3ccc(Cl)c4c(NS(C)(=O)=O)nn(C)c34)c([C@H](Cc3cc(F)cc(F)c3)NC(=O)Cn3nc(C(F)F)c4c3C(F)(F)[C@@H]3C[C@H]43)nc2n1. The van der Waals surface area contributed by atoms with Crippen LogP contribution in [0.1, 0.15) is 66.5 Å². The molecule has 0 aliphatic heterocycles. The molecule has 0 radical (unpaired) electrons. The van der Waals surface area contributed by atoms with Crippen LogP contribution in [0, 0.1) is 17.6 Å². The van der Waals surface area contributed by atoms with E-state index in [9.17, 15) is 48.7 Å². The average Bonchev–Trinajstić information content (AvgIpc) is 3.72. The van der Waals surface area contributed by atoms with Crippen molar-refractivity contribution in [2.24, 2.45) is 13.0 Å². The molecule has 4 aromatic heterocycles. The lowest BCUT2D eigenvalue weighted by Crippen LogP contribution is -2.38. The van der Waals surface area contributed by atoms with Crippen molar-refractivity contribution < 1.29 is 52.7 Å². The van der Waals surface area contributed by atoms with Crippen LogP contribution in [0.25, 0.3) is 27.6 Å². The number of fused-ring (bicyclic) bond motifs is 5. The maximum absolute atomic E-state index is 15.5. The molecule has 8 rings (SSSR count). The second-order valence-electron chi connectivity index (χ2n) is 15.5. The maximum Gasteiger partial charge on any atom is 0.390 e. The largest absolute Gasteiger partial charge is 0.390 e. The number of carbonyl (C=O) groups excluding carboxylic acids is 1. The van der Waals surface area contributed by atoms with E-state index in [1.54, 1.807) is 6.92 Å². The molecular weight excluding hydrogens is 911 g/mol. The Morgan fingerprint density at radius 3 is 2.41 bits per heavy atom. The number of aromatic nitrogens is 7. The molecule has 340 valence electrons. The smallest absolute Gasteiger partial charge is 0.356 e. The summed E-state index contributed by atoms with van der Waals surface area (Å²) in [5.74, 6) is -9.77. The van der Waals surface area contributed by atoms with Gasteiger partial charge in [0.2, 0.25) is 15.9 Å². The van der Waals surface area contributed by atoms with Gasteiger partial charge in [-0.3, -0.25) is 28.2 Å². The Labute approximate surface area is 361 Å². The van der Waals surface area contributed by atoms with Crippen LogP contribution in [0.4, 0.5) is 51.1 Å². The summed E-state index contributed by atoms with van der Waals surface area (Å²) in [6.07, 6.45) is -8.81. The summed E-state index contributed by atoms with van der Waals surface area (Å²) in [4.78, 5) is 39.3. The zero-order valence-electron chi connectivity index (χ0n) is 33.5. The molecule has 14 nitrogen and oxygen atoms in total. The van der Waals surface area contributed by atoms with E-state index >= 15 is 8.78 Å². The molecule has 1 fully saturated rings. The van der Waals surface area contributed by atoms with Crippen LogP contribution in [0.5, 0.6) is 0 Å². The Bertz CT molecular complexity index is 3030. The van der Waals surface area contributed by atoms with Crippen molar-refractivity contribution in [3.8, 4) is 5.69 Å². The molecule has 1 saturated carbocycles. The molecule has 2 aliphatic carbocycles. The van der Waals surface area contributed by atoms with Crippen LogP contribution in [0.3, 0.4) is 0 Å². The number of hydrogen-bond acceptors (Lipinski definition) is 9. The molecule has 0 unspecified atom stereocenters. The van der Waals surface area contributed by atoms with Crippen LogP contribution in [-0.4, -0.2) is 73.9 Å². The van der Waals surface area contributed by atoms with E-state index in [1.807, 2.05) is 0 Å². The first-order chi connectivity index (χ1) is 29.9. The number of aryl methyl sites for hydroxylation is 1. The van der Waals surface area contributed by atoms with E-state index in [0.717, 1.165) is 23.0 Å². The molecule has 6 aromatic rings. The first-order valence-corrected chi connectivity index (χ1v) is 21.6. The summed E-state index contributed by atoms with van der Waals surface area (Å²) in [6.45, 7) is -0.0193. The molecule has 4 heterocycles. The molecule has 3 atom stereocenters. The Morgan fingerprint density at radius 2 is 1.77 bits per heavy atom. The molecule has 64 heavy (non-hydrogen) atoms. The zero-order chi connectivity index (χ0) is 46.4. The topological polar surface area (TPSA) is 162 Å². The molecule has 0 saturated heterocycles. The van der Waals surface area contributed by atoms with Crippen molar-refractivity contribution in [2.45, 2.75) is 63.2 Å². The zero-order valence-corrected chi connectivity index (χ0v) is 35.1. The fraction of sp³-hybridized carbons (Fsp3) is 0.385. The van der Waals surface area contributed by atoms with E-state index in [0.29, 0.717) is 10.7 Å². The number of carbonyl (C=O) groups is 1. The fourth-order valence-electron chi connectivity index (χ4n) is 8.32. The summed E-state index contributed by atoms with van der Waals surface area (Å²) in [6, 6.07) is 5.82. The normalized spacial score (nSPS) is 17.2. The lowest BCUT2D eigenvalue weighted by Gasteiger charge is -2.25. The van der Waals surface area contributed by atoms with Crippen molar-refractivity contribution in [3.05, 3.63) is 97.8 Å². The number of nitrogens with one attached hydrogen (secondary N) is 2. The highest BCUT2D eigenvalue weighted by Gasteiger charge is 2.67. The van der Waals surface area contributed by atoms with Gasteiger partial charge in [0.15, 0.2) is 11.5 Å². The monoisotopic (exact) mass is 944 g/mol. The van der Waals surface area contributed by atoms with Gasteiger partial charge in [0.1, 0.15) is 41.2 Å². The van der Waals surface area contributed by atoms with E-state index in [-0.39, 0.29) is 68.4 Å². The molecule has 2 aliphatic rings. The summed E-state index contributed by atoms with van der Waals surface area (Å²) in [7, 11) is -2.59. The van der Waals surface area contributed by atoms with Crippen molar-refractivity contribution >= 4 is 61.1 Å². The highest BCUT2D eigenvalue weighted by atomic mass is 35.5. The number of rotatable bonds is 14. The molecular formula is C39H34ClF9N10O4S. The van der Waals surface area contributed by atoms with Gasteiger partial charge in [-0.25, -0.2) is 35.9 Å². The van der Waals surface area contributed by atoms with Gasteiger partial charge < -0.3 is 10.2 Å². The van der Waals surface area contributed by atoms with Crippen molar-refractivity contribution in [3.63, 3.8) is 0 Å². The Kier molecular flexibility index (Phi) is 11.1. The molecule has 0 spiro atoms. The maximum atomic E-state index is 15.5. The Morgan fingerprint density at radius 1 is 1.06 bits per heavy atom. The van der Waals surface area contributed by atoms with Gasteiger partial charge in [0, 0.05) is 44.1 Å². The lowest BCUT2D eigenvalue weighted by atomic mass is 10.0. The van der Waals surface area contributed by atoms with Gasteiger partial charge in [0.25, 0.3) is 17.9 Å². The van der Waals surface area contributed by atoms with Gasteiger partial charge in [-0.2, -0.15) is 32.1 Å². The highest BCUT2D eigenvalue weighted by Crippen LogP contribution is 2.68. The van der Waals surface area contributed by atoms with Crippen molar-refractivity contribution in [1.29, 1.82) is 0 Å². The number of hydrogen-bond donors (Lipinski definition) is 2. The van der Waals surface area contributed by atoms with Gasteiger partial charge in [-0.1, -0.05) is 11.6 Å². The number of sulfonamides is 1. The van der Waals surface area contributed by atoms with E-state index in [4.69, 9.17) is 11.6 Å². The number of pyridine rings is 1. The standard InChI is InChI=1S/C39H34ClF9N10O4S/c1-4-57(10-9-38(45,46)47)26-8-5-20-34(51-26)52-36(59(37(20)61)25-7-6-23(40)29-31(25)56(2)54-35(29)55-64(3,62)63)24(13-17-11-18(41)14-19(42)12-17)50-27(60)16-58-32-28(30(53-58)33(43)44)21-15-22(21)39(32,48)49/h5-8,11-12,14,21-22,24,33H,4,9-10,13,15-16H2,1-3H3,(H,50,60)(H,54,55)/t21-,22+,24-/m0/s1. The molecule has 25 heteroatoms. The first kappa shape index (κ1) is 44.7. The minimum Gasteiger partial charge on any atom is -0.356 e. The van der Waals surface area contributed by atoms with Gasteiger partial charge in [-0.05, 0) is 61.2 Å². The minimum atomic E-state index is -4.54. The minimum absolute atomic E-state index is 0.00587. The summed E-state index contributed by atoms with van der Waals surface area (Å²) in [5.41, 5.74) is -3.65. The van der Waals surface area contributed by atoms with Crippen molar-refractivity contribution in [2.75, 3.05) is 29.0 Å². The van der Waals surface area contributed by atoms with E-state index in [2.05, 4.69) is 30.2 Å². The van der Waals surface area contributed by atoms with Crippen LogP contribution in [0.2, 0.25) is 5.02 Å².